The highest BCUT2D eigenvalue weighted by Crippen LogP contribution is 2.11. The van der Waals surface area contributed by atoms with Crippen molar-refractivity contribution in [3.63, 3.8) is 0 Å². The van der Waals surface area contributed by atoms with Gasteiger partial charge in [0.05, 0.1) is 11.3 Å². The highest BCUT2D eigenvalue weighted by atomic mass is 16.4. The van der Waals surface area contributed by atoms with E-state index in [1.54, 1.807) is 13.8 Å². The molecule has 1 aromatic heterocycles. The molecule has 0 radical (unpaired) electrons. The molecule has 1 aromatic rings. The van der Waals surface area contributed by atoms with Crippen molar-refractivity contribution in [3.8, 4) is 0 Å². The van der Waals surface area contributed by atoms with E-state index in [1.165, 1.54) is 0 Å². The number of aromatic amines is 1. The van der Waals surface area contributed by atoms with E-state index in [4.69, 9.17) is 5.11 Å². The first-order valence-corrected chi connectivity index (χ1v) is 5.88. The predicted molar refractivity (Wildman–Crippen MR) is 66.4 cm³/mol. The zero-order valence-electron chi connectivity index (χ0n) is 11.1. The van der Waals surface area contributed by atoms with E-state index >= 15 is 0 Å². The third-order valence-electron chi connectivity index (χ3n) is 2.67. The second-order valence-corrected chi connectivity index (χ2v) is 4.80. The molecule has 1 heterocycles. The molecule has 3 N–H and O–H groups in total. The summed E-state index contributed by atoms with van der Waals surface area (Å²) in [7, 11) is 0. The monoisotopic (exact) mass is 253 g/mol. The Morgan fingerprint density at radius 2 is 2.00 bits per heavy atom. The molecule has 0 unspecified atom stereocenters. The number of H-pyrrole nitrogens is 1. The number of aryl methyl sites for hydroxylation is 2. The third kappa shape index (κ3) is 3.32. The van der Waals surface area contributed by atoms with Crippen molar-refractivity contribution >= 4 is 11.9 Å². The predicted octanol–water partition coefficient (Wildman–Crippen LogP) is 1.26. The summed E-state index contributed by atoms with van der Waals surface area (Å²) in [6.07, 6.45) is 0.400. The summed E-state index contributed by atoms with van der Waals surface area (Å²) in [4.78, 5) is 23.1. The third-order valence-corrected chi connectivity index (χ3v) is 2.67. The summed E-state index contributed by atoms with van der Waals surface area (Å²) in [5.74, 6) is -1.22. The molecule has 100 valence electrons. The fourth-order valence-corrected chi connectivity index (χ4v) is 1.81. The molecule has 0 saturated carbocycles. The van der Waals surface area contributed by atoms with Crippen molar-refractivity contribution in [3.05, 3.63) is 17.0 Å². The van der Waals surface area contributed by atoms with Crippen LogP contribution in [0.5, 0.6) is 0 Å². The lowest BCUT2D eigenvalue weighted by atomic mass is 10.0. The summed E-state index contributed by atoms with van der Waals surface area (Å²) in [6, 6.07) is -0.869. The number of hydrogen-bond donors (Lipinski definition) is 3. The van der Waals surface area contributed by atoms with Gasteiger partial charge < -0.3 is 10.4 Å². The number of carbonyl (C=O) groups excluding carboxylic acids is 1. The molecule has 1 amide bonds. The van der Waals surface area contributed by atoms with Crippen molar-refractivity contribution in [1.29, 1.82) is 0 Å². The van der Waals surface area contributed by atoms with Crippen LogP contribution in [-0.4, -0.2) is 33.2 Å². The average Bonchev–Trinajstić information content (AvgIpc) is 2.56. The molecule has 1 rings (SSSR count). The van der Waals surface area contributed by atoms with Crippen molar-refractivity contribution in [1.82, 2.24) is 15.5 Å². The lowest BCUT2D eigenvalue weighted by molar-refractivity contribution is -0.139. The number of aromatic nitrogens is 2. The van der Waals surface area contributed by atoms with Crippen LogP contribution < -0.4 is 5.32 Å². The molecule has 0 aliphatic carbocycles. The summed E-state index contributed by atoms with van der Waals surface area (Å²) in [5.41, 5.74) is 1.63. The first kappa shape index (κ1) is 14.2. The molecule has 18 heavy (non-hydrogen) atoms. The molecule has 0 aliphatic heterocycles. The van der Waals surface area contributed by atoms with Crippen molar-refractivity contribution < 1.29 is 14.7 Å². The number of amides is 1. The van der Waals surface area contributed by atoms with Crippen LogP contribution in [0.2, 0.25) is 0 Å². The number of rotatable bonds is 5. The van der Waals surface area contributed by atoms with Crippen LogP contribution in [0.25, 0.3) is 0 Å². The van der Waals surface area contributed by atoms with E-state index in [2.05, 4.69) is 15.5 Å². The smallest absolute Gasteiger partial charge is 0.326 e. The van der Waals surface area contributed by atoms with E-state index < -0.39 is 17.9 Å². The van der Waals surface area contributed by atoms with Gasteiger partial charge in [-0.25, -0.2) is 4.79 Å². The first-order chi connectivity index (χ1) is 8.32. The molecule has 0 fully saturated rings. The normalized spacial score (nSPS) is 12.5. The SMILES string of the molecule is Cc1n[nH]c(C)c1C(=O)N[C@H](CC(C)C)C(=O)O. The number of carbonyl (C=O) groups is 2. The van der Waals surface area contributed by atoms with E-state index in [0.717, 1.165) is 0 Å². The van der Waals surface area contributed by atoms with Crippen LogP contribution in [0.4, 0.5) is 0 Å². The highest BCUT2D eigenvalue weighted by molar-refractivity contribution is 5.98. The topological polar surface area (TPSA) is 95.1 Å². The largest absolute Gasteiger partial charge is 0.480 e. The molecular weight excluding hydrogens is 234 g/mol. The van der Waals surface area contributed by atoms with Crippen LogP contribution in [0.15, 0.2) is 0 Å². The Labute approximate surface area is 106 Å². The second-order valence-electron chi connectivity index (χ2n) is 4.80. The van der Waals surface area contributed by atoms with Gasteiger partial charge in [0.25, 0.3) is 5.91 Å². The van der Waals surface area contributed by atoms with Gasteiger partial charge in [0.2, 0.25) is 0 Å². The summed E-state index contributed by atoms with van der Waals surface area (Å²) < 4.78 is 0. The van der Waals surface area contributed by atoms with Gasteiger partial charge in [-0.2, -0.15) is 5.10 Å². The van der Waals surface area contributed by atoms with E-state index in [-0.39, 0.29) is 5.92 Å². The van der Waals surface area contributed by atoms with Crippen LogP contribution in [0.3, 0.4) is 0 Å². The Morgan fingerprint density at radius 1 is 1.39 bits per heavy atom. The second kappa shape index (κ2) is 5.66. The number of nitrogens with zero attached hydrogens (tertiary/aromatic N) is 1. The minimum Gasteiger partial charge on any atom is -0.480 e. The molecule has 0 aliphatic rings. The zero-order valence-corrected chi connectivity index (χ0v) is 11.1. The Hall–Kier alpha value is -1.85. The van der Waals surface area contributed by atoms with Crippen LogP contribution >= 0.6 is 0 Å². The van der Waals surface area contributed by atoms with Gasteiger partial charge >= 0.3 is 5.97 Å². The zero-order chi connectivity index (χ0) is 13.9. The Morgan fingerprint density at radius 3 is 2.39 bits per heavy atom. The lowest BCUT2D eigenvalue weighted by Crippen LogP contribution is -2.41. The van der Waals surface area contributed by atoms with Gasteiger partial charge in [-0.3, -0.25) is 9.89 Å². The number of nitrogens with one attached hydrogen (secondary N) is 2. The van der Waals surface area contributed by atoms with Crippen LogP contribution in [-0.2, 0) is 4.79 Å². The Bertz CT molecular complexity index is 432. The van der Waals surface area contributed by atoms with Crippen molar-refractivity contribution in [2.75, 3.05) is 0 Å². The minimum absolute atomic E-state index is 0.193. The standard InChI is InChI=1S/C12H19N3O3/c1-6(2)5-9(12(17)18)13-11(16)10-7(3)14-15-8(10)4/h6,9H,5H2,1-4H3,(H,13,16)(H,14,15)(H,17,18)/t9-/m1/s1. The van der Waals surface area contributed by atoms with Crippen LogP contribution in [0, 0.1) is 19.8 Å². The quantitative estimate of drug-likeness (QED) is 0.736. The van der Waals surface area contributed by atoms with Gasteiger partial charge in [0.15, 0.2) is 0 Å². The number of carboxylic acid groups (broad SMARTS) is 1. The fraction of sp³-hybridized carbons (Fsp3) is 0.583. The Balaban J connectivity index is 2.82. The maximum atomic E-state index is 12.0. The van der Waals surface area contributed by atoms with Crippen molar-refractivity contribution in [2.45, 2.75) is 40.2 Å². The summed E-state index contributed by atoms with van der Waals surface area (Å²) in [5, 5.41) is 18.2. The van der Waals surface area contributed by atoms with E-state index in [9.17, 15) is 9.59 Å². The molecule has 6 heteroatoms. The average molecular weight is 253 g/mol. The maximum absolute atomic E-state index is 12.0. The van der Waals surface area contributed by atoms with Gasteiger partial charge in [-0.15, -0.1) is 0 Å². The molecule has 0 bridgehead atoms. The fourth-order valence-electron chi connectivity index (χ4n) is 1.81. The van der Waals surface area contributed by atoms with Crippen molar-refractivity contribution in [2.24, 2.45) is 5.92 Å². The molecule has 0 aromatic carbocycles. The molecule has 0 spiro atoms. The molecule has 6 nitrogen and oxygen atoms in total. The van der Waals surface area contributed by atoms with Crippen LogP contribution in [0.1, 0.15) is 42.0 Å². The highest BCUT2D eigenvalue weighted by Gasteiger charge is 2.24. The molecular formula is C12H19N3O3. The number of hydrogen-bond acceptors (Lipinski definition) is 3. The first-order valence-electron chi connectivity index (χ1n) is 5.88. The number of aliphatic carboxylic acids is 1. The van der Waals surface area contributed by atoms with E-state index in [1.807, 2.05) is 13.8 Å². The Kier molecular flexibility index (Phi) is 4.47. The molecule has 0 saturated heterocycles. The van der Waals surface area contributed by atoms with Gasteiger partial charge in [0, 0.05) is 5.69 Å². The van der Waals surface area contributed by atoms with Gasteiger partial charge in [0.1, 0.15) is 6.04 Å². The number of carboxylic acids is 1. The maximum Gasteiger partial charge on any atom is 0.326 e. The molecule has 1 atom stereocenters. The van der Waals surface area contributed by atoms with E-state index in [0.29, 0.717) is 23.4 Å². The summed E-state index contributed by atoms with van der Waals surface area (Å²) >= 11 is 0. The summed E-state index contributed by atoms with van der Waals surface area (Å²) in [6.45, 7) is 7.26. The van der Waals surface area contributed by atoms with Gasteiger partial charge in [-0.1, -0.05) is 13.8 Å². The lowest BCUT2D eigenvalue weighted by Gasteiger charge is -2.16. The van der Waals surface area contributed by atoms with Gasteiger partial charge in [-0.05, 0) is 26.2 Å². The minimum atomic E-state index is -1.02.